The van der Waals surface area contributed by atoms with Gasteiger partial charge in [0.15, 0.2) is 5.78 Å². The number of anilines is 1. The smallest absolute Gasteiger partial charge is 0.217 e. The van der Waals surface area contributed by atoms with Gasteiger partial charge >= 0.3 is 0 Å². The molecule has 8 nitrogen and oxygen atoms in total. The van der Waals surface area contributed by atoms with Gasteiger partial charge in [-0.2, -0.15) is 0 Å². The van der Waals surface area contributed by atoms with Crippen LogP contribution in [0.5, 0.6) is 0 Å². The quantitative estimate of drug-likeness (QED) is 0.252. The Hall–Kier alpha value is -2.00. The maximum atomic E-state index is 12.4. The maximum Gasteiger partial charge on any atom is 0.217 e. The standard InChI is InChI=1S/C14H20N2O6/c1-7(18)16-11(14(22)13(21)10(19)6-17)12(20)8-2-4-9(15)5-3-8/h2-5,10-11,13-14,17,19,21-22H,6,15H2,1H3,(H,16,18)/t10-,11+,13-,14-/m1/s1. The van der Waals surface area contributed by atoms with Gasteiger partial charge in [-0.15, -0.1) is 0 Å². The van der Waals surface area contributed by atoms with Crippen molar-refractivity contribution in [3.05, 3.63) is 29.8 Å². The SMILES string of the molecule is CC(=O)N[C@@H](C(=O)c1ccc(N)cc1)[C@@H](O)[C@H](O)[C@H](O)CO. The van der Waals surface area contributed by atoms with Gasteiger partial charge in [0.05, 0.1) is 6.61 Å². The zero-order valence-electron chi connectivity index (χ0n) is 12.0. The van der Waals surface area contributed by atoms with Crippen LogP contribution in [-0.2, 0) is 4.79 Å². The van der Waals surface area contributed by atoms with Crippen molar-refractivity contribution in [3.63, 3.8) is 0 Å². The predicted molar refractivity (Wildman–Crippen MR) is 77.9 cm³/mol. The number of carbonyl (C=O) groups is 2. The van der Waals surface area contributed by atoms with Gasteiger partial charge in [-0.1, -0.05) is 0 Å². The lowest BCUT2D eigenvalue weighted by molar-refractivity contribution is -0.122. The molecule has 0 fully saturated rings. The van der Waals surface area contributed by atoms with E-state index < -0.39 is 42.7 Å². The van der Waals surface area contributed by atoms with E-state index in [-0.39, 0.29) is 5.56 Å². The molecule has 0 heterocycles. The third-order valence-corrected chi connectivity index (χ3v) is 3.11. The van der Waals surface area contributed by atoms with Crippen LogP contribution in [-0.4, -0.2) is 63.1 Å². The number of nitrogens with two attached hydrogens (primary N) is 1. The van der Waals surface area contributed by atoms with E-state index in [0.717, 1.165) is 6.92 Å². The Morgan fingerprint density at radius 1 is 1.14 bits per heavy atom. The number of hydrogen-bond acceptors (Lipinski definition) is 7. The number of aliphatic hydroxyl groups excluding tert-OH is 4. The van der Waals surface area contributed by atoms with Crippen LogP contribution in [0, 0.1) is 0 Å². The Kier molecular flexibility index (Phi) is 6.44. The maximum absolute atomic E-state index is 12.4. The molecule has 1 rings (SSSR count). The number of amides is 1. The van der Waals surface area contributed by atoms with E-state index in [2.05, 4.69) is 5.32 Å². The van der Waals surface area contributed by atoms with E-state index in [1.807, 2.05) is 0 Å². The van der Waals surface area contributed by atoms with Crippen molar-refractivity contribution in [3.8, 4) is 0 Å². The fraction of sp³-hybridized carbons (Fsp3) is 0.429. The van der Waals surface area contributed by atoms with E-state index in [0.29, 0.717) is 5.69 Å². The van der Waals surface area contributed by atoms with Gasteiger partial charge in [0.1, 0.15) is 24.4 Å². The van der Waals surface area contributed by atoms with Crippen LogP contribution in [0.3, 0.4) is 0 Å². The minimum atomic E-state index is -1.81. The summed E-state index contributed by atoms with van der Waals surface area (Å²) in [6.45, 7) is 0.339. The van der Waals surface area contributed by atoms with Crippen molar-refractivity contribution >= 4 is 17.4 Å². The monoisotopic (exact) mass is 312 g/mol. The summed E-state index contributed by atoms with van der Waals surface area (Å²) >= 11 is 0. The molecule has 0 aliphatic heterocycles. The molecule has 1 aromatic carbocycles. The first-order chi connectivity index (χ1) is 10.3. The highest BCUT2D eigenvalue weighted by molar-refractivity contribution is 6.02. The highest BCUT2D eigenvalue weighted by atomic mass is 16.4. The molecule has 1 amide bonds. The Balaban J connectivity index is 3.03. The average Bonchev–Trinajstić information content (AvgIpc) is 2.50. The molecular formula is C14H20N2O6. The Labute approximate surface area is 127 Å². The number of rotatable bonds is 7. The van der Waals surface area contributed by atoms with E-state index >= 15 is 0 Å². The van der Waals surface area contributed by atoms with E-state index in [1.165, 1.54) is 24.3 Å². The van der Waals surface area contributed by atoms with Crippen molar-refractivity contribution in [2.75, 3.05) is 12.3 Å². The molecular weight excluding hydrogens is 292 g/mol. The van der Waals surface area contributed by atoms with Crippen molar-refractivity contribution in [1.82, 2.24) is 5.32 Å². The zero-order valence-corrected chi connectivity index (χ0v) is 12.0. The number of ketones is 1. The number of hydrogen-bond donors (Lipinski definition) is 6. The predicted octanol–water partition coefficient (Wildman–Crippen LogP) is -1.97. The molecule has 0 aliphatic carbocycles. The lowest BCUT2D eigenvalue weighted by Gasteiger charge is -2.28. The molecule has 0 aliphatic rings. The summed E-state index contributed by atoms with van der Waals surface area (Å²) in [7, 11) is 0. The van der Waals surface area contributed by atoms with Crippen molar-refractivity contribution < 1.29 is 30.0 Å². The first-order valence-electron chi connectivity index (χ1n) is 6.59. The van der Waals surface area contributed by atoms with Crippen molar-refractivity contribution in [1.29, 1.82) is 0 Å². The molecule has 8 heteroatoms. The topological polar surface area (TPSA) is 153 Å². The molecule has 0 aromatic heterocycles. The Morgan fingerprint density at radius 3 is 2.14 bits per heavy atom. The second kappa shape index (κ2) is 7.85. The fourth-order valence-electron chi connectivity index (χ4n) is 1.88. The number of benzene rings is 1. The summed E-state index contributed by atoms with van der Waals surface area (Å²) in [6.07, 6.45) is -5.25. The minimum absolute atomic E-state index is 0.165. The number of aliphatic hydroxyl groups is 4. The third kappa shape index (κ3) is 4.50. The van der Waals surface area contributed by atoms with Crippen molar-refractivity contribution in [2.24, 2.45) is 0 Å². The lowest BCUT2D eigenvalue weighted by atomic mass is 9.94. The molecule has 0 saturated heterocycles. The highest BCUT2D eigenvalue weighted by Crippen LogP contribution is 2.13. The number of carbonyl (C=O) groups excluding carboxylic acids is 2. The first-order valence-corrected chi connectivity index (χ1v) is 6.59. The summed E-state index contributed by atoms with van der Waals surface area (Å²) < 4.78 is 0. The van der Waals surface area contributed by atoms with Gasteiger partial charge in [-0.05, 0) is 24.3 Å². The molecule has 122 valence electrons. The van der Waals surface area contributed by atoms with E-state index in [1.54, 1.807) is 0 Å². The average molecular weight is 312 g/mol. The van der Waals surface area contributed by atoms with Gasteiger partial charge in [0.25, 0.3) is 0 Å². The van der Waals surface area contributed by atoms with Crippen LogP contribution in [0.2, 0.25) is 0 Å². The van der Waals surface area contributed by atoms with Crippen LogP contribution < -0.4 is 11.1 Å². The second-order valence-corrected chi connectivity index (χ2v) is 4.90. The largest absolute Gasteiger partial charge is 0.399 e. The van der Waals surface area contributed by atoms with E-state index in [9.17, 15) is 24.9 Å². The van der Waals surface area contributed by atoms with Crippen LogP contribution in [0.25, 0.3) is 0 Å². The van der Waals surface area contributed by atoms with Crippen LogP contribution in [0.4, 0.5) is 5.69 Å². The molecule has 0 radical (unpaired) electrons. The summed E-state index contributed by atoms with van der Waals surface area (Å²) in [5.74, 6) is -1.26. The number of Topliss-reactive ketones (excluding diaryl/α,β-unsaturated/α-hetero) is 1. The number of nitrogen functional groups attached to an aromatic ring is 1. The fourth-order valence-corrected chi connectivity index (χ4v) is 1.88. The third-order valence-electron chi connectivity index (χ3n) is 3.11. The molecule has 7 N–H and O–H groups in total. The van der Waals surface area contributed by atoms with Crippen molar-refractivity contribution in [2.45, 2.75) is 31.3 Å². The lowest BCUT2D eigenvalue weighted by Crippen LogP contribution is -2.55. The van der Waals surface area contributed by atoms with Gasteiger partial charge in [-0.25, -0.2) is 0 Å². The second-order valence-electron chi connectivity index (χ2n) is 4.90. The summed E-state index contributed by atoms with van der Waals surface area (Å²) in [6, 6.07) is 4.30. The zero-order chi connectivity index (χ0) is 16.9. The molecule has 0 bridgehead atoms. The van der Waals surface area contributed by atoms with Crippen LogP contribution >= 0.6 is 0 Å². The summed E-state index contributed by atoms with van der Waals surface area (Å²) in [4.78, 5) is 23.6. The van der Waals surface area contributed by atoms with Gasteiger partial charge < -0.3 is 31.5 Å². The Morgan fingerprint density at radius 2 is 1.68 bits per heavy atom. The Bertz CT molecular complexity index is 519. The molecule has 4 atom stereocenters. The molecule has 1 aromatic rings. The normalized spacial score (nSPS) is 16.4. The molecule has 0 unspecified atom stereocenters. The first kappa shape index (κ1) is 18.1. The van der Waals surface area contributed by atoms with Gasteiger partial charge in [0, 0.05) is 18.2 Å². The summed E-state index contributed by atoms with van der Waals surface area (Å²) in [5.41, 5.74) is 6.12. The minimum Gasteiger partial charge on any atom is -0.399 e. The van der Waals surface area contributed by atoms with E-state index in [4.69, 9.17) is 10.8 Å². The number of nitrogens with one attached hydrogen (secondary N) is 1. The molecule has 0 saturated carbocycles. The molecule has 22 heavy (non-hydrogen) atoms. The summed E-state index contributed by atoms with van der Waals surface area (Å²) in [5, 5.41) is 40.2. The van der Waals surface area contributed by atoms with Gasteiger partial charge in [-0.3, -0.25) is 9.59 Å². The van der Waals surface area contributed by atoms with Crippen LogP contribution in [0.15, 0.2) is 24.3 Å². The van der Waals surface area contributed by atoms with Gasteiger partial charge in [0.2, 0.25) is 5.91 Å². The van der Waals surface area contributed by atoms with Crippen LogP contribution in [0.1, 0.15) is 17.3 Å². The highest BCUT2D eigenvalue weighted by Gasteiger charge is 2.36. The molecule has 0 spiro atoms.